The number of benzene rings is 1. The minimum atomic E-state index is -0.493. The molecule has 22 heavy (non-hydrogen) atoms. The van der Waals surface area contributed by atoms with Crippen molar-refractivity contribution >= 4 is 11.3 Å². The molecule has 7 nitrogen and oxygen atoms in total. The van der Waals surface area contributed by atoms with Crippen LogP contribution in [0, 0.1) is 10.1 Å². The van der Waals surface area contributed by atoms with Crippen LogP contribution in [0.4, 0.5) is 5.69 Å². The minimum Gasteiger partial charge on any atom is -0.487 e. The third-order valence-electron chi connectivity index (χ3n) is 3.04. The summed E-state index contributed by atoms with van der Waals surface area (Å²) in [5.74, 6) is 0.351. The molecule has 3 aromatic rings. The molecule has 2 aromatic heterocycles. The molecule has 0 spiro atoms. The van der Waals surface area contributed by atoms with Crippen molar-refractivity contribution < 1.29 is 9.66 Å². The zero-order valence-electron chi connectivity index (χ0n) is 11.4. The number of pyridine rings is 1. The molecule has 2 heterocycles. The molecule has 0 unspecified atom stereocenters. The fourth-order valence-electron chi connectivity index (χ4n) is 2.02. The Balaban J connectivity index is 1.83. The Hall–Kier alpha value is -3.22. The highest BCUT2D eigenvalue weighted by atomic mass is 16.6. The SMILES string of the molecule is O=c1cc(COc2cccc([N+](=O)[O-])c2)nc2ccccn12. The molecule has 0 fully saturated rings. The van der Waals surface area contributed by atoms with Gasteiger partial charge in [0.05, 0.1) is 16.7 Å². The van der Waals surface area contributed by atoms with Crippen molar-refractivity contribution in [1.29, 1.82) is 0 Å². The van der Waals surface area contributed by atoms with Gasteiger partial charge in [-0.2, -0.15) is 0 Å². The van der Waals surface area contributed by atoms with Crippen LogP contribution in [0.1, 0.15) is 5.69 Å². The zero-order chi connectivity index (χ0) is 15.5. The average molecular weight is 297 g/mol. The number of hydrogen-bond donors (Lipinski definition) is 0. The number of nitro groups is 1. The highest BCUT2D eigenvalue weighted by Gasteiger charge is 2.07. The third kappa shape index (κ3) is 2.78. The summed E-state index contributed by atoms with van der Waals surface area (Å²) >= 11 is 0. The van der Waals surface area contributed by atoms with E-state index < -0.39 is 4.92 Å². The van der Waals surface area contributed by atoms with E-state index >= 15 is 0 Å². The second kappa shape index (κ2) is 5.65. The van der Waals surface area contributed by atoms with E-state index in [1.807, 2.05) is 0 Å². The van der Waals surface area contributed by atoms with Gasteiger partial charge < -0.3 is 4.74 Å². The number of aromatic nitrogens is 2. The van der Waals surface area contributed by atoms with Crippen LogP contribution in [0.3, 0.4) is 0 Å². The molecule has 0 bridgehead atoms. The van der Waals surface area contributed by atoms with Crippen molar-refractivity contribution in [2.24, 2.45) is 0 Å². The molecule has 0 aliphatic heterocycles. The molecule has 0 amide bonds. The lowest BCUT2D eigenvalue weighted by molar-refractivity contribution is -0.384. The number of nitrogens with zero attached hydrogens (tertiary/aromatic N) is 3. The maximum atomic E-state index is 11.9. The normalized spacial score (nSPS) is 10.5. The molecule has 0 saturated carbocycles. The van der Waals surface area contributed by atoms with Crippen molar-refractivity contribution in [2.45, 2.75) is 6.61 Å². The van der Waals surface area contributed by atoms with E-state index in [0.717, 1.165) is 0 Å². The first kappa shape index (κ1) is 13.7. The van der Waals surface area contributed by atoms with E-state index in [0.29, 0.717) is 17.1 Å². The quantitative estimate of drug-likeness (QED) is 0.544. The van der Waals surface area contributed by atoms with Crippen LogP contribution in [0.5, 0.6) is 5.75 Å². The second-order valence-electron chi connectivity index (χ2n) is 4.56. The predicted octanol–water partition coefficient (Wildman–Crippen LogP) is 2.18. The number of non-ortho nitro benzene ring substituents is 1. The Labute approximate surface area is 124 Å². The number of ether oxygens (including phenoxy) is 1. The highest BCUT2D eigenvalue weighted by Crippen LogP contribution is 2.19. The van der Waals surface area contributed by atoms with Crippen molar-refractivity contribution in [3.8, 4) is 5.75 Å². The summed E-state index contributed by atoms with van der Waals surface area (Å²) in [5.41, 5.74) is 0.725. The average Bonchev–Trinajstić information content (AvgIpc) is 2.53. The topological polar surface area (TPSA) is 86.7 Å². The van der Waals surface area contributed by atoms with E-state index in [-0.39, 0.29) is 17.9 Å². The van der Waals surface area contributed by atoms with E-state index in [1.54, 1.807) is 30.5 Å². The first-order valence-electron chi connectivity index (χ1n) is 6.48. The molecule has 0 aliphatic carbocycles. The van der Waals surface area contributed by atoms with Crippen molar-refractivity contribution in [3.05, 3.63) is 80.9 Å². The largest absolute Gasteiger partial charge is 0.487 e. The van der Waals surface area contributed by atoms with E-state index in [4.69, 9.17) is 4.74 Å². The predicted molar refractivity (Wildman–Crippen MR) is 78.9 cm³/mol. The van der Waals surface area contributed by atoms with Gasteiger partial charge in [-0.3, -0.25) is 19.3 Å². The summed E-state index contributed by atoms with van der Waals surface area (Å²) in [6.45, 7) is 0.0573. The summed E-state index contributed by atoms with van der Waals surface area (Å²) in [6, 6.07) is 12.5. The van der Waals surface area contributed by atoms with Gasteiger partial charge in [0.15, 0.2) is 0 Å². The highest BCUT2D eigenvalue weighted by molar-refractivity contribution is 5.39. The molecule has 0 radical (unpaired) electrons. The van der Waals surface area contributed by atoms with Crippen molar-refractivity contribution in [2.75, 3.05) is 0 Å². The van der Waals surface area contributed by atoms with E-state index in [9.17, 15) is 14.9 Å². The van der Waals surface area contributed by atoms with Crippen LogP contribution in [0.25, 0.3) is 5.65 Å². The number of fused-ring (bicyclic) bond motifs is 1. The maximum Gasteiger partial charge on any atom is 0.273 e. The summed E-state index contributed by atoms with van der Waals surface area (Å²) < 4.78 is 6.90. The van der Waals surface area contributed by atoms with Gasteiger partial charge in [0.2, 0.25) is 0 Å². The molecule has 3 rings (SSSR count). The second-order valence-corrected chi connectivity index (χ2v) is 4.56. The molecule has 1 aromatic carbocycles. The lowest BCUT2D eigenvalue weighted by atomic mass is 10.3. The summed E-state index contributed by atoms with van der Waals surface area (Å²) in [5, 5.41) is 10.7. The molecule has 0 N–H and O–H groups in total. The van der Waals surface area contributed by atoms with Crippen LogP contribution < -0.4 is 10.3 Å². The molecule has 7 heteroatoms. The Morgan fingerprint density at radius 1 is 1.18 bits per heavy atom. The van der Waals surface area contributed by atoms with Gasteiger partial charge in [0.25, 0.3) is 11.2 Å². The van der Waals surface area contributed by atoms with Crippen LogP contribution in [0.2, 0.25) is 0 Å². The van der Waals surface area contributed by atoms with Crippen LogP contribution >= 0.6 is 0 Å². The standard InChI is InChI=1S/C15H11N3O4/c19-15-8-11(16-14-6-1-2-7-17(14)15)10-22-13-5-3-4-12(9-13)18(20)21/h1-9H,10H2. The van der Waals surface area contributed by atoms with Gasteiger partial charge in [0.1, 0.15) is 18.0 Å². The van der Waals surface area contributed by atoms with E-state index in [1.165, 1.54) is 28.7 Å². The van der Waals surface area contributed by atoms with Crippen LogP contribution in [-0.2, 0) is 6.61 Å². The monoisotopic (exact) mass is 297 g/mol. The van der Waals surface area contributed by atoms with Crippen LogP contribution in [0.15, 0.2) is 59.5 Å². The van der Waals surface area contributed by atoms with Gasteiger partial charge in [-0.05, 0) is 18.2 Å². The Kier molecular flexibility index (Phi) is 3.53. The maximum absolute atomic E-state index is 11.9. The Morgan fingerprint density at radius 2 is 2.05 bits per heavy atom. The molecular weight excluding hydrogens is 286 g/mol. The van der Waals surface area contributed by atoms with Crippen molar-refractivity contribution in [1.82, 2.24) is 9.38 Å². The first-order valence-corrected chi connectivity index (χ1v) is 6.48. The Morgan fingerprint density at radius 3 is 2.86 bits per heavy atom. The fraction of sp³-hybridized carbons (Fsp3) is 0.0667. The number of hydrogen-bond acceptors (Lipinski definition) is 5. The molecule has 110 valence electrons. The lowest BCUT2D eigenvalue weighted by Gasteiger charge is -2.06. The fourth-order valence-corrected chi connectivity index (χ4v) is 2.02. The van der Waals surface area contributed by atoms with Gasteiger partial charge in [-0.1, -0.05) is 12.1 Å². The van der Waals surface area contributed by atoms with E-state index in [2.05, 4.69) is 4.98 Å². The lowest BCUT2D eigenvalue weighted by Crippen LogP contribution is -2.16. The summed E-state index contributed by atoms with van der Waals surface area (Å²) in [4.78, 5) is 26.5. The number of nitro benzene ring substituents is 1. The third-order valence-corrected chi connectivity index (χ3v) is 3.04. The first-order chi connectivity index (χ1) is 10.6. The van der Waals surface area contributed by atoms with Gasteiger partial charge >= 0.3 is 0 Å². The molecule has 0 aliphatic rings. The summed E-state index contributed by atoms with van der Waals surface area (Å²) in [6.07, 6.45) is 1.63. The van der Waals surface area contributed by atoms with Gasteiger partial charge in [-0.25, -0.2) is 4.98 Å². The molecular formula is C15H11N3O4. The molecule has 0 saturated heterocycles. The molecule has 0 atom stereocenters. The van der Waals surface area contributed by atoms with Gasteiger partial charge in [0, 0.05) is 18.3 Å². The smallest absolute Gasteiger partial charge is 0.273 e. The zero-order valence-corrected chi connectivity index (χ0v) is 11.4. The van der Waals surface area contributed by atoms with Gasteiger partial charge in [-0.15, -0.1) is 0 Å². The Bertz CT molecular complexity index is 904. The number of rotatable bonds is 4. The van der Waals surface area contributed by atoms with Crippen molar-refractivity contribution in [3.63, 3.8) is 0 Å². The van der Waals surface area contributed by atoms with Crippen LogP contribution in [-0.4, -0.2) is 14.3 Å². The summed E-state index contributed by atoms with van der Waals surface area (Å²) in [7, 11) is 0. The minimum absolute atomic E-state index is 0.0518.